The molecule has 0 aliphatic heterocycles. The van der Waals surface area contributed by atoms with Gasteiger partial charge in [-0.3, -0.25) is 4.79 Å². The summed E-state index contributed by atoms with van der Waals surface area (Å²) in [6, 6.07) is 12.0. The molecule has 152 valence electrons. The Labute approximate surface area is 172 Å². The number of methoxy groups -OCH3 is 1. The lowest BCUT2D eigenvalue weighted by Gasteiger charge is -2.13. The lowest BCUT2D eigenvalue weighted by atomic mass is 10.1. The van der Waals surface area contributed by atoms with Crippen molar-refractivity contribution < 1.29 is 13.9 Å². The van der Waals surface area contributed by atoms with Gasteiger partial charge in [0.1, 0.15) is 17.3 Å². The van der Waals surface area contributed by atoms with Gasteiger partial charge in [0.05, 0.1) is 12.4 Å². The van der Waals surface area contributed by atoms with Gasteiger partial charge in [0, 0.05) is 6.54 Å². The highest BCUT2D eigenvalue weighted by molar-refractivity contribution is 8.00. The molecule has 1 amide bonds. The molecule has 1 N–H and O–H groups in total. The number of thioether (sulfide) groups is 1. The van der Waals surface area contributed by atoms with Crippen LogP contribution in [-0.2, 0) is 11.2 Å². The SMILES string of the molecule is COc1ccc(C)cc1-n1nnnc1S[C@H](C)C(=O)NCCc1ccc(F)cc1. The summed E-state index contributed by atoms with van der Waals surface area (Å²) >= 11 is 1.26. The van der Waals surface area contributed by atoms with Crippen LogP contribution in [0.3, 0.4) is 0 Å². The Morgan fingerprint density at radius 1 is 1.28 bits per heavy atom. The molecule has 3 rings (SSSR count). The molecule has 0 saturated carbocycles. The number of aryl methyl sites for hydroxylation is 1. The van der Waals surface area contributed by atoms with Crippen molar-refractivity contribution in [1.82, 2.24) is 25.5 Å². The van der Waals surface area contributed by atoms with Gasteiger partial charge in [-0.05, 0) is 66.1 Å². The Balaban J connectivity index is 1.62. The van der Waals surface area contributed by atoms with Crippen LogP contribution < -0.4 is 10.1 Å². The first kappa shape index (κ1) is 20.8. The van der Waals surface area contributed by atoms with Gasteiger partial charge >= 0.3 is 0 Å². The fraction of sp³-hybridized carbons (Fsp3) is 0.300. The summed E-state index contributed by atoms with van der Waals surface area (Å²) in [6.45, 7) is 4.23. The van der Waals surface area contributed by atoms with Crippen LogP contribution in [0.1, 0.15) is 18.1 Å². The lowest BCUT2D eigenvalue weighted by Crippen LogP contribution is -2.32. The second kappa shape index (κ2) is 9.51. The second-order valence-electron chi connectivity index (χ2n) is 6.48. The summed E-state index contributed by atoms with van der Waals surface area (Å²) in [5, 5.41) is 14.8. The van der Waals surface area contributed by atoms with Gasteiger partial charge in [0.2, 0.25) is 11.1 Å². The maximum absolute atomic E-state index is 12.9. The normalized spacial score (nSPS) is 11.9. The summed E-state index contributed by atoms with van der Waals surface area (Å²) in [6.07, 6.45) is 0.627. The first-order valence-corrected chi connectivity index (χ1v) is 9.98. The minimum absolute atomic E-state index is 0.122. The van der Waals surface area contributed by atoms with E-state index in [1.54, 1.807) is 30.8 Å². The number of halogens is 1. The largest absolute Gasteiger partial charge is 0.494 e. The minimum Gasteiger partial charge on any atom is -0.494 e. The topological polar surface area (TPSA) is 81.9 Å². The zero-order valence-corrected chi connectivity index (χ0v) is 17.2. The lowest BCUT2D eigenvalue weighted by molar-refractivity contribution is -0.120. The summed E-state index contributed by atoms with van der Waals surface area (Å²) in [5.74, 6) is 0.245. The molecule has 0 bridgehead atoms. The smallest absolute Gasteiger partial charge is 0.233 e. The number of amides is 1. The zero-order chi connectivity index (χ0) is 20.8. The maximum Gasteiger partial charge on any atom is 0.233 e. The number of tetrazole rings is 1. The third-order valence-corrected chi connectivity index (χ3v) is 5.31. The molecule has 2 aromatic carbocycles. The fourth-order valence-corrected chi connectivity index (χ4v) is 3.53. The Morgan fingerprint density at radius 2 is 2.03 bits per heavy atom. The third-order valence-electron chi connectivity index (χ3n) is 4.28. The van der Waals surface area contributed by atoms with E-state index in [4.69, 9.17) is 4.74 Å². The van der Waals surface area contributed by atoms with Gasteiger partial charge < -0.3 is 10.1 Å². The number of carbonyl (C=O) groups is 1. The van der Waals surface area contributed by atoms with Crippen LogP contribution in [0.4, 0.5) is 4.39 Å². The number of carbonyl (C=O) groups excluding carboxylic acids is 1. The molecule has 0 spiro atoms. The van der Waals surface area contributed by atoms with E-state index in [2.05, 4.69) is 20.8 Å². The van der Waals surface area contributed by atoms with Gasteiger partial charge in [0.15, 0.2) is 0 Å². The molecule has 0 aliphatic carbocycles. The van der Waals surface area contributed by atoms with Crippen molar-refractivity contribution in [2.45, 2.75) is 30.7 Å². The highest BCUT2D eigenvalue weighted by Gasteiger charge is 2.20. The Kier molecular flexibility index (Phi) is 6.82. The summed E-state index contributed by atoms with van der Waals surface area (Å²) in [4.78, 5) is 12.4. The van der Waals surface area contributed by atoms with E-state index in [9.17, 15) is 9.18 Å². The van der Waals surface area contributed by atoms with Crippen molar-refractivity contribution in [2.24, 2.45) is 0 Å². The minimum atomic E-state index is -0.399. The zero-order valence-electron chi connectivity index (χ0n) is 16.4. The molecular weight excluding hydrogens is 393 g/mol. The van der Waals surface area contributed by atoms with Crippen molar-refractivity contribution >= 4 is 17.7 Å². The van der Waals surface area contributed by atoms with Crippen LogP contribution in [0.2, 0.25) is 0 Å². The Morgan fingerprint density at radius 3 is 2.76 bits per heavy atom. The predicted octanol–water partition coefficient (Wildman–Crippen LogP) is 2.96. The van der Waals surface area contributed by atoms with Gasteiger partial charge in [-0.25, -0.2) is 4.39 Å². The van der Waals surface area contributed by atoms with Gasteiger partial charge in [0.25, 0.3) is 0 Å². The number of rotatable bonds is 8. The summed E-state index contributed by atoms with van der Waals surface area (Å²) in [5.41, 5.74) is 2.71. The first-order valence-electron chi connectivity index (χ1n) is 9.10. The molecule has 0 radical (unpaired) electrons. The number of ether oxygens (including phenoxy) is 1. The highest BCUT2D eigenvalue weighted by Crippen LogP contribution is 2.28. The average Bonchev–Trinajstić information content (AvgIpc) is 3.17. The van der Waals surface area contributed by atoms with E-state index in [1.807, 2.05) is 25.1 Å². The molecule has 0 saturated heterocycles. The van der Waals surface area contributed by atoms with Crippen LogP contribution in [0.25, 0.3) is 5.69 Å². The number of nitrogens with zero attached hydrogens (tertiary/aromatic N) is 4. The van der Waals surface area contributed by atoms with E-state index in [0.717, 1.165) is 11.1 Å². The molecule has 7 nitrogen and oxygen atoms in total. The van der Waals surface area contributed by atoms with Crippen LogP contribution in [0.5, 0.6) is 5.75 Å². The molecule has 9 heteroatoms. The standard InChI is InChI=1S/C20H22FN5O2S/c1-13-4-9-18(28-3)17(12-13)26-20(23-24-25-26)29-14(2)19(27)22-11-10-15-5-7-16(21)8-6-15/h4-9,12,14H,10-11H2,1-3H3,(H,22,27)/t14-/m1/s1. The van der Waals surface area contributed by atoms with E-state index < -0.39 is 5.25 Å². The molecule has 1 aromatic heterocycles. The molecule has 0 unspecified atom stereocenters. The maximum atomic E-state index is 12.9. The van der Waals surface area contributed by atoms with Crippen LogP contribution >= 0.6 is 11.8 Å². The van der Waals surface area contributed by atoms with Gasteiger partial charge in [-0.1, -0.05) is 30.0 Å². The van der Waals surface area contributed by atoms with Crippen molar-refractivity contribution in [3.63, 3.8) is 0 Å². The van der Waals surface area contributed by atoms with E-state index in [1.165, 1.54) is 23.9 Å². The fourth-order valence-electron chi connectivity index (χ4n) is 2.71. The van der Waals surface area contributed by atoms with Crippen molar-refractivity contribution in [3.05, 3.63) is 59.4 Å². The monoisotopic (exact) mass is 415 g/mol. The average molecular weight is 415 g/mol. The molecule has 3 aromatic rings. The van der Waals surface area contributed by atoms with E-state index >= 15 is 0 Å². The molecule has 1 heterocycles. The number of aromatic nitrogens is 4. The quantitative estimate of drug-likeness (QED) is 0.570. The van der Waals surface area contributed by atoms with E-state index in [-0.39, 0.29) is 11.7 Å². The molecular formula is C20H22FN5O2S. The predicted molar refractivity (Wildman–Crippen MR) is 109 cm³/mol. The number of nitrogens with one attached hydrogen (secondary N) is 1. The molecule has 0 aliphatic rings. The molecule has 0 fully saturated rings. The van der Waals surface area contributed by atoms with Gasteiger partial charge in [-0.2, -0.15) is 4.68 Å². The summed E-state index contributed by atoms with van der Waals surface area (Å²) in [7, 11) is 1.59. The van der Waals surface area contributed by atoms with Crippen LogP contribution in [-0.4, -0.2) is 45.0 Å². The molecule has 29 heavy (non-hydrogen) atoms. The number of hydrogen-bond donors (Lipinski definition) is 1. The Hall–Kier alpha value is -2.94. The van der Waals surface area contributed by atoms with E-state index in [0.29, 0.717) is 29.6 Å². The first-order chi connectivity index (χ1) is 14.0. The van der Waals surface area contributed by atoms with Crippen molar-refractivity contribution in [3.8, 4) is 11.4 Å². The van der Waals surface area contributed by atoms with Crippen LogP contribution in [0, 0.1) is 12.7 Å². The van der Waals surface area contributed by atoms with Crippen molar-refractivity contribution in [1.29, 1.82) is 0 Å². The number of benzene rings is 2. The summed E-state index contributed by atoms with van der Waals surface area (Å²) < 4.78 is 19.9. The van der Waals surface area contributed by atoms with Crippen LogP contribution in [0.15, 0.2) is 47.6 Å². The Bertz CT molecular complexity index is 977. The second-order valence-corrected chi connectivity index (χ2v) is 7.78. The highest BCUT2D eigenvalue weighted by atomic mass is 32.2. The van der Waals surface area contributed by atoms with Crippen molar-refractivity contribution in [2.75, 3.05) is 13.7 Å². The number of hydrogen-bond acceptors (Lipinski definition) is 6. The van der Waals surface area contributed by atoms with Gasteiger partial charge in [-0.15, -0.1) is 5.10 Å². The molecule has 1 atom stereocenters. The third kappa shape index (κ3) is 5.32.